The maximum Gasteiger partial charge on any atom is 0.392 e. The molecule has 1 saturated heterocycles. The van der Waals surface area contributed by atoms with E-state index in [1.54, 1.807) is 0 Å². The molecule has 1 aliphatic heterocycles. The lowest BCUT2D eigenvalue weighted by Gasteiger charge is -2.44. The fraction of sp³-hybridized carbons (Fsp3) is 0.857. The van der Waals surface area contributed by atoms with Crippen molar-refractivity contribution < 1.29 is 27.5 Å². The molecular formula is C14H23F3N2O3. The van der Waals surface area contributed by atoms with Gasteiger partial charge in [-0.15, -0.1) is 0 Å². The maximum absolute atomic E-state index is 13.0. The molecule has 0 aromatic heterocycles. The summed E-state index contributed by atoms with van der Waals surface area (Å²) in [5.74, 6) is -1.76. The summed E-state index contributed by atoms with van der Waals surface area (Å²) in [6, 6.07) is -0.390. The van der Waals surface area contributed by atoms with Crippen LogP contribution in [0, 0.1) is 11.3 Å². The number of hydrogen-bond donors (Lipinski definition) is 1. The van der Waals surface area contributed by atoms with E-state index in [-0.39, 0.29) is 38.4 Å². The Morgan fingerprint density at radius 3 is 2.50 bits per heavy atom. The van der Waals surface area contributed by atoms with Gasteiger partial charge in [0.1, 0.15) is 0 Å². The topological polar surface area (TPSA) is 58.6 Å². The lowest BCUT2D eigenvalue weighted by atomic mass is 9.73. The predicted octanol–water partition coefficient (Wildman–Crippen LogP) is 2.56. The number of carbonyl (C=O) groups excluding carboxylic acids is 2. The van der Waals surface area contributed by atoms with Crippen LogP contribution in [0.5, 0.6) is 0 Å². The van der Waals surface area contributed by atoms with Gasteiger partial charge < -0.3 is 15.0 Å². The maximum atomic E-state index is 13.0. The third kappa shape index (κ3) is 5.06. The zero-order valence-corrected chi connectivity index (χ0v) is 13.1. The highest BCUT2D eigenvalue weighted by molar-refractivity contribution is 5.74. The number of hydrogen-bond acceptors (Lipinski definition) is 3. The normalized spacial score (nSPS) is 21.4. The highest BCUT2D eigenvalue weighted by Gasteiger charge is 2.51. The van der Waals surface area contributed by atoms with E-state index >= 15 is 0 Å². The number of esters is 1. The quantitative estimate of drug-likeness (QED) is 0.639. The molecule has 0 unspecified atom stereocenters. The van der Waals surface area contributed by atoms with Crippen molar-refractivity contribution >= 4 is 12.0 Å². The fourth-order valence-electron chi connectivity index (χ4n) is 2.78. The summed E-state index contributed by atoms with van der Waals surface area (Å²) in [6.07, 6.45) is -3.71. The van der Waals surface area contributed by atoms with Gasteiger partial charge in [0.05, 0.1) is 13.0 Å². The molecule has 0 radical (unpaired) electrons. The van der Waals surface area contributed by atoms with E-state index in [0.29, 0.717) is 6.42 Å². The predicted molar refractivity (Wildman–Crippen MR) is 74.2 cm³/mol. The zero-order valence-electron chi connectivity index (χ0n) is 13.1. The molecule has 5 nitrogen and oxygen atoms in total. The molecule has 0 aromatic carbocycles. The zero-order chi connectivity index (χ0) is 17.0. The highest BCUT2D eigenvalue weighted by Crippen LogP contribution is 2.44. The Balaban J connectivity index is 2.45. The second kappa shape index (κ2) is 7.19. The first-order valence-corrected chi connectivity index (χ1v) is 7.24. The fourth-order valence-corrected chi connectivity index (χ4v) is 2.78. The smallest absolute Gasteiger partial charge is 0.392 e. The number of rotatable bonds is 4. The number of halogens is 3. The summed E-state index contributed by atoms with van der Waals surface area (Å²) in [4.78, 5) is 24.3. The van der Waals surface area contributed by atoms with E-state index in [2.05, 4.69) is 10.1 Å². The van der Waals surface area contributed by atoms with E-state index < -0.39 is 23.5 Å². The van der Waals surface area contributed by atoms with E-state index in [1.807, 2.05) is 0 Å². The average Bonchev–Trinajstić information content (AvgIpc) is 2.40. The number of urea groups is 1. The first-order valence-electron chi connectivity index (χ1n) is 7.24. The van der Waals surface area contributed by atoms with Crippen LogP contribution in [0.4, 0.5) is 18.0 Å². The molecule has 0 saturated carbocycles. The summed E-state index contributed by atoms with van der Waals surface area (Å²) in [5.41, 5.74) is -1.01. The van der Waals surface area contributed by atoms with Crippen LogP contribution in [0.25, 0.3) is 0 Å². The molecule has 22 heavy (non-hydrogen) atoms. The minimum atomic E-state index is -4.24. The molecule has 1 N–H and O–H groups in total. The number of likely N-dealkylation sites (tertiary alicyclic amines) is 1. The van der Waals surface area contributed by atoms with Crippen LogP contribution in [0.3, 0.4) is 0 Å². The average molecular weight is 324 g/mol. The minimum absolute atomic E-state index is 0.0556. The van der Waals surface area contributed by atoms with Crippen LogP contribution in [-0.4, -0.2) is 49.8 Å². The first-order chi connectivity index (χ1) is 10.1. The molecule has 1 rings (SSSR count). The van der Waals surface area contributed by atoms with Crippen molar-refractivity contribution in [3.63, 3.8) is 0 Å². The molecule has 1 aliphatic rings. The number of carbonyl (C=O) groups is 2. The van der Waals surface area contributed by atoms with Gasteiger partial charge in [-0.05, 0) is 18.3 Å². The SMILES string of the molecule is COC(=O)CCCNC(=O)N1CC[C@@H](C(F)(F)F)C(C)(C)C1. The Bertz CT molecular complexity index is 411. The molecule has 0 bridgehead atoms. The Hall–Kier alpha value is -1.47. The van der Waals surface area contributed by atoms with Crippen LogP contribution in [0.2, 0.25) is 0 Å². The van der Waals surface area contributed by atoms with Crippen LogP contribution in [0.1, 0.15) is 33.1 Å². The third-order valence-corrected chi connectivity index (χ3v) is 3.97. The Kier molecular flexibility index (Phi) is 6.08. The van der Waals surface area contributed by atoms with Crippen molar-refractivity contribution in [3.8, 4) is 0 Å². The lowest BCUT2D eigenvalue weighted by molar-refractivity contribution is -0.214. The lowest BCUT2D eigenvalue weighted by Crippen LogP contribution is -2.54. The molecular weight excluding hydrogens is 301 g/mol. The number of nitrogens with zero attached hydrogens (tertiary/aromatic N) is 1. The van der Waals surface area contributed by atoms with Gasteiger partial charge in [0.15, 0.2) is 0 Å². The van der Waals surface area contributed by atoms with Gasteiger partial charge in [-0.25, -0.2) is 4.79 Å². The summed E-state index contributed by atoms with van der Waals surface area (Å²) in [5, 5.41) is 2.62. The van der Waals surface area contributed by atoms with Crippen LogP contribution in [0.15, 0.2) is 0 Å². The molecule has 8 heteroatoms. The van der Waals surface area contributed by atoms with Gasteiger partial charge in [0.2, 0.25) is 0 Å². The van der Waals surface area contributed by atoms with Crippen molar-refractivity contribution in [2.24, 2.45) is 11.3 Å². The number of alkyl halides is 3. The van der Waals surface area contributed by atoms with Crippen LogP contribution in [-0.2, 0) is 9.53 Å². The van der Waals surface area contributed by atoms with Gasteiger partial charge in [-0.2, -0.15) is 13.2 Å². The molecule has 2 amide bonds. The van der Waals surface area contributed by atoms with E-state index in [1.165, 1.54) is 25.9 Å². The monoisotopic (exact) mass is 324 g/mol. The summed E-state index contributed by atoms with van der Waals surface area (Å²) in [7, 11) is 1.29. The summed E-state index contributed by atoms with van der Waals surface area (Å²) in [6.45, 7) is 3.48. The Labute approximate surface area is 128 Å². The van der Waals surface area contributed by atoms with E-state index in [9.17, 15) is 22.8 Å². The number of methoxy groups -OCH3 is 1. The van der Waals surface area contributed by atoms with E-state index in [4.69, 9.17) is 0 Å². The Morgan fingerprint density at radius 2 is 2.00 bits per heavy atom. The first kappa shape index (κ1) is 18.6. The van der Waals surface area contributed by atoms with Crippen molar-refractivity contribution in [1.29, 1.82) is 0 Å². The molecule has 1 heterocycles. The second-order valence-electron chi connectivity index (χ2n) is 6.20. The summed E-state index contributed by atoms with van der Waals surface area (Å²) >= 11 is 0. The molecule has 1 fully saturated rings. The Morgan fingerprint density at radius 1 is 1.36 bits per heavy atom. The number of amides is 2. The van der Waals surface area contributed by atoms with Gasteiger partial charge in [-0.1, -0.05) is 13.8 Å². The van der Waals surface area contributed by atoms with Crippen molar-refractivity contribution in [2.45, 2.75) is 39.3 Å². The molecule has 0 spiro atoms. The van der Waals surface area contributed by atoms with Gasteiger partial charge in [-0.3, -0.25) is 4.79 Å². The largest absolute Gasteiger partial charge is 0.469 e. The van der Waals surface area contributed by atoms with Gasteiger partial charge in [0, 0.05) is 26.1 Å². The third-order valence-electron chi connectivity index (χ3n) is 3.97. The minimum Gasteiger partial charge on any atom is -0.469 e. The molecule has 1 atom stereocenters. The molecule has 0 aliphatic carbocycles. The number of ether oxygens (including phenoxy) is 1. The summed E-state index contributed by atoms with van der Waals surface area (Å²) < 4.78 is 43.4. The van der Waals surface area contributed by atoms with E-state index in [0.717, 1.165) is 0 Å². The standard InChI is InChI=1S/C14H23F3N2O3/c1-13(2)9-19(8-6-10(13)14(15,16)17)12(21)18-7-4-5-11(20)22-3/h10H,4-9H2,1-3H3,(H,18,21)/t10-/m1/s1. The number of piperidine rings is 1. The van der Waals surface area contributed by atoms with Crippen molar-refractivity contribution in [2.75, 3.05) is 26.7 Å². The molecule has 128 valence electrons. The van der Waals surface area contributed by atoms with Crippen molar-refractivity contribution in [3.05, 3.63) is 0 Å². The van der Waals surface area contributed by atoms with Crippen LogP contribution >= 0.6 is 0 Å². The second-order valence-corrected chi connectivity index (χ2v) is 6.20. The molecule has 0 aromatic rings. The van der Waals surface area contributed by atoms with Gasteiger partial charge >= 0.3 is 18.2 Å². The van der Waals surface area contributed by atoms with Crippen LogP contribution < -0.4 is 5.32 Å². The van der Waals surface area contributed by atoms with Crippen molar-refractivity contribution in [1.82, 2.24) is 10.2 Å². The highest BCUT2D eigenvalue weighted by atomic mass is 19.4. The number of nitrogens with one attached hydrogen (secondary N) is 1. The van der Waals surface area contributed by atoms with Gasteiger partial charge in [0.25, 0.3) is 0 Å².